The van der Waals surface area contributed by atoms with E-state index < -0.39 is 23.9 Å². The highest BCUT2D eigenvalue weighted by Gasteiger charge is 2.30. The molecule has 3 aromatic carbocycles. The number of H-pyrrole nitrogens is 1. The fraction of sp³-hybridized carbons (Fsp3) is 0.439. The van der Waals surface area contributed by atoms with E-state index in [1.807, 2.05) is 49.4 Å². The van der Waals surface area contributed by atoms with E-state index in [1.54, 1.807) is 0 Å². The average molecular weight is 768 g/mol. The van der Waals surface area contributed by atoms with Gasteiger partial charge in [-0.15, -0.1) is 5.10 Å². The van der Waals surface area contributed by atoms with Gasteiger partial charge in [0.1, 0.15) is 11.9 Å². The van der Waals surface area contributed by atoms with Gasteiger partial charge >= 0.3 is 6.09 Å². The quantitative estimate of drug-likeness (QED) is 0.104. The van der Waals surface area contributed by atoms with Gasteiger partial charge in [-0.3, -0.25) is 14.4 Å². The maximum absolute atomic E-state index is 15.0. The number of halogens is 1. The second kappa shape index (κ2) is 18.3. The van der Waals surface area contributed by atoms with Gasteiger partial charge in [-0.2, -0.15) is 0 Å². The van der Waals surface area contributed by atoms with E-state index in [1.165, 1.54) is 18.2 Å². The molecule has 0 bridgehead atoms. The maximum Gasteiger partial charge on any atom is 0.404 e. The smallest absolute Gasteiger partial charge is 0.404 e. The van der Waals surface area contributed by atoms with Crippen LogP contribution in [0.2, 0.25) is 0 Å². The summed E-state index contributed by atoms with van der Waals surface area (Å²) >= 11 is 0. The third-order valence-corrected chi connectivity index (χ3v) is 11.2. The van der Waals surface area contributed by atoms with Crippen molar-refractivity contribution in [3.63, 3.8) is 0 Å². The monoisotopic (exact) mass is 767 g/mol. The first-order valence-electron chi connectivity index (χ1n) is 19.2. The topological polar surface area (TPSA) is 194 Å². The van der Waals surface area contributed by atoms with Crippen LogP contribution in [0.25, 0.3) is 22.5 Å². The van der Waals surface area contributed by atoms with Gasteiger partial charge in [0.15, 0.2) is 5.82 Å². The molecule has 15 heteroatoms. The number of hydrogen-bond donors (Lipinski definition) is 6. The first-order chi connectivity index (χ1) is 26.9. The van der Waals surface area contributed by atoms with Crippen molar-refractivity contribution < 1.29 is 28.7 Å². The van der Waals surface area contributed by atoms with Crippen LogP contribution in [-0.2, 0) is 16.0 Å². The van der Waals surface area contributed by atoms with E-state index in [4.69, 9.17) is 5.11 Å². The van der Waals surface area contributed by atoms with Crippen LogP contribution < -0.4 is 21.3 Å². The highest BCUT2D eigenvalue weighted by Crippen LogP contribution is 2.30. The molecule has 296 valence electrons. The summed E-state index contributed by atoms with van der Waals surface area (Å²) in [4.78, 5) is 53.9. The number of amides is 4. The highest BCUT2D eigenvalue weighted by molar-refractivity contribution is 5.98. The number of benzene rings is 3. The van der Waals surface area contributed by atoms with E-state index in [0.29, 0.717) is 43.8 Å². The fourth-order valence-electron chi connectivity index (χ4n) is 7.88. The molecular formula is C41H50FN9O5. The summed E-state index contributed by atoms with van der Waals surface area (Å²) in [6.07, 6.45) is 5.60. The molecule has 0 saturated heterocycles. The number of carboxylic acid groups (broad SMARTS) is 1. The molecule has 6 N–H and O–H groups in total. The summed E-state index contributed by atoms with van der Waals surface area (Å²) < 4.78 is 15.0. The largest absolute Gasteiger partial charge is 0.465 e. The molecule has 2 aliphatic rings. The molecule has 1 atom stereocenters. The Kier molecular flexibility index (Phi) is 13.1. The minimum Gasteiger partial charge on any atom is -0.465 e. The van der Waals surface area contributed by atoms with E-state index in [9.17, 15) is 19.2 Å². The molecule has 56 heavy (non-hydrogen) atoms. The number of anilines is 1. The minimum atomic E-state index is -1.07. The lowest BCUT2D eigenvalue weighted by molar-refractivity contribution is -0.130. The van der Waals surface area contributed by atoms with Crippen molar-refractivity contribution in [1.82, 2.24) is 41.5 Å². The SMILES string of the molecule is Cc1cc(C(=O)N[C@H]2CC[C@H](N(C)C)CC2)ccc1-c1cccc(C[C@H](NC(=O)C2CCC(CNC(=O)O)CC2)C(=O)Nc2ccc(-c3nnn[nH]3)c(F)c2)c1. The predicted octanol–water partition coefficient (Wildman–Crippen LogP) is 5.32. The molecule has 1 heterocycles. The van der Waals surface area contributed by atoms with Gasteiger partial charge in [-0.05, 0) is 141 Å². The zero-order valence-corrected chi connectivity index (χ0v) is 32.0. The Morgan fingerprint density at radius 2 is 1.68 bits per heavy atom. The number of aromatic amines is 1. The average Bonchev–Trinajstić information content (AvgIpc) is 3.72. The van der Waals surface area contributed by atoms with Crippen LogP contribution in [0, 0.1) is 24.6 Å². The number of carbonyl (C=O) groups excluding carboxylic acids is 3. The molecule has 0 unspecified atom stereocenters. The van der Waals surface area contributed by atoms with Gasteiger partial charge in [0, 0.05) is 42.2 Å². The lowest BCUT2D eigenvalue weighted by Gasteiger charge is -2.33. The molecule has 0 spiro atoms. The Labute approximate surface area is 325 Å². The van der Waals surface area contributed by atoms with Gasteiger partial charge in [-0.1, -0.05) is 30.3 Å². The standard InChI is InChI=1S/C41H50FN9O5/c1-24-19-29(39(53)44-30-12-15-32(16-13-30)51(2)3)11-17-33(24)28-6-4-5-26(20-28)21-36(46-38(52)27-9-7-25(8-10-27)23-43-41(55)56)40(54)45-31-14-18-34(35(42)22-31)37-47-49-50-48-37/h4-6,11,14,17-20,22,25,27,30,32,36,43H,7-10,12-13,15-16,21,23H2,1-3H3,(H,44,53)(H,45,54)(H,46,52)(H,55,56)(H,47,48,49,50)/t25?,27?,30-,32-,36-/m0/s1. The first-order valence-corrected chi connectivity index (χ1v) is 19.2. The summed E-state index contributed by atoms with van der Waals surface area (Å²) in [7, 11) is 4.20. The summed E-state index contributed by atoms with van der Waals surface area (Å²) in [5, 5.41) is 33.6. The summed E-state index contributed by atoms with van der Waals surface area (Å²) in [6.45, 7) is 2.30. The van der Waals surface area contributed by atoms with Crippen molar-refractivity contribution in [3.8, 4) is 22.5 Å². The Morgan fingerprint density at radius 3 is 2.34 bits per heavy atom. The maximum atomic E-state index is 15.0. The van der Waals surface area contributed by atoms with Crippen LogP contribution >= 0.6 is 0 Å². The summed E-state index contributed by atoms with van der Waals surface area (Å²) in [6, 6.07) is 17.3. The molecule has 2 aliphatic carbocycles. The van der Waals surface area contributed by atoms with Crippen LogP contribution in [-0.4, -0.2) is 93.2 Å². The molecule has 2 saturated carbocycles. The summed E-state index contributed by atoms with van der Waals surface area (Å²) in [5.41, 5.74) is 4.49. The van der Waals surface area contributed by atoms with Crippen LogP contribution in [0.5, 0.6) is 0 Å². The van der Waals surface area contributed by atoms with Gasteiger partial charge < -0.3 is 31.3 Å². The van der Waals surface area contributed by atoms with Gasteiger partial charge in [0.05, 0.1) is 5.56 Å². The van der Waals surface area contributed by atoms with E-state index in [0.717, 1.165) is 47.9 Å². The number of hydrogen-bond acceptors (Lipinski definition) is 8. The second-order valence-electron chi connectivity index (χ2n) is 15.3. The number of tetrazole rings is 1. The zero-order valence-electron chi connectivity index (χ0n) is 32.0. The van der Waals surface area contributed by atoms with Crippen molar-refractivity contribution in [1.29, 1.82) is 0 Å². The zero-order chi connectivity index (χ0) is 39.8. The van der Waals surface area contributed by atoms with Crippen LogP contribution in [0.3, 0.4) is 0 Å². The van der Waals surface area contributed by atoms with Crippen molar-refractivity contribution in [2.75, 3.05) is 26.0 Å². The molecular weight excluding hydrogens is 718 g/mol. The van der Waals surface area contributed by atoms with Crippen molar-refractivity contribution in [2.45, 2.75) is 82.8 Å². The van der Waals surface area contributed by atoms with E-state index >= 15 is 4.39 Å². The summed E-state index contributed by atoms with van der Waals surface area (Å²) in [5.74, 6) is -1.56. The molecule has 4 aromatic rings. The third-order valence-electron chi connectivity index (χ3n) is 11.2. The Morgan fingerprint density at radius 1 is 0.929 bits per heavy atom. The number of aryl methyl sites for hydroxylation is 1. The van der Waals surface area contributed by atoms with Crippen molar-refractivity contribution >= 4 is 29.5 Å². The lowest BCUT2D eigenvalue weighted by Crippen LogP contribution is -2.48. The van der Waals surface area contributed by atoms with E-state index in [2.05, 4.69) is 60.9 Å². The van der Waals surface area contributed by atoms with Crippen molar-refractivity contribution in [3.05, 3.63) is 83.2 Å². The van der Waals surface area contributed by atoms with Crippen LogP contribution in [0.15, 0.2) is 60.7 Å². The van der Waals surface area contributed by atoms with Crippen molar-refractivity contribution in [2.24, 2.45) is 11.8 Å². The number of rotatable bonds is 13. The van der Waals surface area contributed by atoms with Gasteiger partial charge in [0.25, 0.3) is 5.91 Å². The number of carbonyl (C=O) groups is 4. The van der Waals surface area contributed by atoms with E-state index in [-0.39, 0.29) is 53.2 Å². The van der Waals surface area contributed by atoms with Gasteiger partial charge in [0.2, 0.25) is 11.8 Å². The molecule has 14 nitrogen and oxygen atoms in total. The van der Waals surface area contributed by atoms with Gasteiger partial charge in [-0.25, -0.2) is 14.3 Å². The second-order valence-corrected chi connectivity index (χ2v) is 15.3. The molecule has 0 radical (unpaired) electrons. The molecule has 1 aromatic heterocycles. The van der Waals surface area contributed by atoms with Crippen LogP contribution in [0.4, 0.5) is 14.9 Å². The molecule has 2 fully saturated rings. The number of aromatic nitrogens is 4. The third kappa shape index (κ3) is 10.3. The number of nitrogens with one attached hydrogen (secondary N) is 5. The van der Waals surface area contributed by atoms with Crippen LogP contribution in [0.1, 0.15) is 72.9 Å². The minimum absolute atomic E-state index is 0.0822. The lowest BCUT2D eigenvalue weighted by atomic mass is 9.81. The highest BCUT2D eigenvalue weighted by atomic mass is 19.1. The molecule has 0 aliphatic heterocycles. The number of nitrogens with zero attached hydrogens (tertiary/aromatic N) is 4. The Hall–Kier alpha value is -5.70. The Bertz CT molecular complexity index is 2010. The molecule has 4 amide bonds. The normalized spacial score (nSPS) is 20.2. The fourth-order valence-corrected chi connectivity index (χ4v) is 7.88. The first kappa shape index (κ1) is 40.0. The molecule has 6 rings (SSSR count). The predicted molar refractivity (Wildman–Crippen MR) is 209 cm³/mol. The Balaban J connectivity index is 1.15.